The van der Waals surface area contributed by atoms with Crippen molar-refractivity contribution in [1.82, 2.24) is 0 Å². The van der Waals surface area contributed by atoms with Gasteiger partial charge in [-0.15, -0.1) is 6.58 Å². The Morgan fingerprint density at radius 1 is 1.07 bits per heavy atom. The molecule has 0 fully saturated rings. The largest absolute Gasteiger partial charge is 0.493 e. The Morgan fingerprint density at radius 3 is 2.47 bits per heavy atom. The average molecular weight is 399 g/mol. The molecule has 3 aromatic carbocycles. The summed E-state index contributed by atoms with van der Waals surface area (Å²) in [5, 5.41) is 9.60. The summed E-state index contributed by atoms with van der Waals surface area (Å²) >= 11 is 0. The summed E-state index contributed by atoms with van der Waals surface area (Å²) < 4.78 is 25.5. The van der Waals surface area contributed by atoms with Gasteiger partial charge >= 0.3 is 0 Å². The van der Waals surface area contributed by atoms with Crippen LogP contribution in [0.4, 0.5) is 4.39 Å². The van der Waals surface area contributed by atoms with E-state index in [2.05, 4.69) is 12.6 Å². The Bertz CT molecular complexity index is 1100. The third-order valence-corrected chi connectivity index (χ3v) is 4.58. The Hall–Kier alpha value is -3.84. The molecule has 0 atom stereocenters. The van der Waals surface area contributed by atoms with Crippen molar-refractivity contribution in [3.05, 3.63) is 107 Å². The van der Waals surface area contributed by atoms with E-state index in [0.29, 0.717) is 29.1 Å². The Morgan fingerprint density at radius 2 is 1.80 bits per heavy atom. The molecule has 0 unspecified atom stereocenters. The number of hydrogen-bond acceptors (Lipinski definition) is 3. The second kappa shape index (κ2) is 10.1. The van der Waals surface area contributed by atoms with E-state index in [9.17, 15) is 9.65 Å². The first-order valence-electron chi connectivity index (χ1n) is 9.51. The van der Waals surface area contributed by atoms with Crippen molar-refractivity contribution >= 4 is 11.6 Å². The van der Waals surface area contributed by atoms with Crippen LogP contribution in [-0.4, -0.2) is 7.11 Å². The van der Waals surface area contributed by atoms with Crippen LogP contribution in [0.1, 0.15) is 22.3 Å². The van der Waals surface area contributed by atoms with E-state index in [0.717, 1.165) is 16.7 Å². The highest BCUT2D eigenvalue weighted by atomic mass is 19.1. The predicted octanol–water partition coefficient (Wildman–Crippen LogP) is 6.21. The lowest BCUT2D eigenvalue weighted by molar-refractivity contribution is 0.277. The van der Waals surface area contributed by atoms with Gasteiger partial charge in [0.1, 0.15) is 12.4 Å². The van der Waals surface area contributed by atoms with Crippen LogP contribution in [0, 0.1) is 17.1 Å². The minimum atomic E-state index is -0.317. The van der Waals surface area contributed by atoms with Gasteiger partial charge in [0.2, 0.25) is 0 Å². The standard InChI is InChI=1S/C26H22FNO2/c1-3-9-21-14-19(15-23(17-28)20-10-5-4-6-11-20)16-25(29-2)26(21)30-18-22-12-7-8-13-24(22)27/h3-8,10-16H,1,9,18H2,2H3/b23-15+. The van der Waals surface area contributed by atoms with Crippen LogP contribution in [0.25, 0.3) is 11.6 Å². The molecule has 0 N–H and O–H groups in total. The van der Waals surface area contributed by atoms with Crippen molar-refractivity contribution in [1.29, 1.82) is 5.26 Å². The quantitative estimate of drug-likeness (QED) is 0.257. The molecular weight excluding hydrogens is 377 g/mol. The van der Waals surface area contributed by atoms with Gasteiger partial charge in [0.05, 0.1) is 18.8 Å². The highest BCUT2D eigenvalue weighted by molar-refractivity contribution is 5.90. The number of nitriles is 1. The number of halogens is 1. The van der Waals surface area contributed by atoms with E-state index >= 15 is 0 Å². The summed E-state index contributed by atoms with van der Waals surface area (Å²) in [4.78, 5) is 0. The van der Waals surface area contributed by atoms with Crippen molar-refractivity contribution in [2.45, 2.75) is 13.0 Å². The van der Waals surface area contributed by atoms with Crippen LogP contribution >= 0.6 is 0 Å². The highest BCUT2D eigenvalue weighted by Gasteiger charge is 2.14. The van der Waals surface area contributed by atoms with Gasteiger partial charge in [0.15, 0.2) is 11.5 Å². The molecule has 3 nitrogen and oxygen atoms in total. The number of methoxy groups -OCH3 is 1. The smallest absolute Gasteiger partial charge is 0.165 e. The van der Waals surface area contributed by atoms with Gasteiger partial charge in [0, 0.05) is 11.1 Å². The maximum Gasteiger partial charge on any atom is 0.165 e. The van der Waals surface area contributed by atoms with E-state index in [1.807, 2.05) is 48.5 Å². The summed E-state index contributed by atoms with van der Waals surface area (Å²) in [6, 6.07) is 22.0. The summed E-state index contributed by atoms with van der Waals surface area (Å²) in [5.41, 5.74) is 3.50. The number of ether oxygens (including phenoxy) is 2. The lowest BCUT2D eigenvalue weighted by Crippen LogP contribution is -2.03. The molecule has 0 aromatic heterocycles. The van der Waals surface area contributed by atoms with Gasteiger partial charge < -0.3 is 9.47 Å². The van der Waals surface area contributed by atoms with Crippen LogP contribution in [-0.2, 0) is 13.0 Å². The van der Waals surface area contributed by atoms with Gasteiger partial charge in [-0.05, 0) is 41.8 Å². The third kappa shape index (κ3) is 4.95. The van der Waals surface area contributed by atoms with Crippen molar-refractivity contribution in [3.63, 3.8) is 0 Å². The maximum atomic E-state index is 14.0. The van der Waals surface area contributed by atoms with Crippen molar-refractivity contribution in [2.75, 3.05) is 7.11 Å². The molecule has 0 saturated carbocycles. The molecule has 4 heteroatoms. The molecule has 3 rings (SSSR count). The zero-order chi connectivity index (χ0) is 21.3. The van der Waals surface area contributed by atoms with Gasteiger partial charge in [-0.3, -0.25) is 0 Å². The first-order valence-corrected chi connectivity index (χ1v) is 9.51. The minimum absolute atomic E-state index is 0.0792. The SMILES string of the molecule is C=CCc1cc(/C=C(\C#N)c2ccccc2)cc(OC)c1OCc1ccccc1F. The highest BCUT2D eigenvalue weighted by Crippen LogP contribution is 2.35. The molecule has 0 heterocycles. The third-order valence-electron chi connectivity index (χ3n) is 4.58. The van der Waals surface area contributed by atoms with Gasteiger partial charge in [-0.2, -0.15) is 5.26 Å². The first-order chi connectivity index (χ1) is 14.7. The monoisotopic (exact) mass is 399 g/mol. The summed E-state index contributed by atoms with van der Waals surface area (Å²) in [5.74, 6) is 0.737. The van der Waals surface area contributed by atoms with E-state index in [4.69, 9.17) is 9.47 Å². The molecule has 150 valence electrons. The average Bonchev–Trinajstić information content (AvgIpc) is 2.78. The van der Waals surface area contributed by atoms with Crippen LogP contribution in [0.3, 0.4) is 0 Å². The van der Waals surface area contributed by atoms with E-state index in [1.165, 1.54) is 6.07 Å². The van der Waals surface area contributed by atoms with Crippen LogP contribution in [0.5, 0.6) is 11.5 Å². The molecule has 0 aliphatic rings. The summed E-state index contributed by atoms with van der Waals surface area (Å²) in [6.07, 6.45) is 4.11. The van der Waals surface area contributed by atoms with Crippen LogP contribution in [0.2, 0.25) is 0 Å². The molecule has 30 heavy (non-hydrogen) atoms. The Kier molecular flexibility index (Phi) is 7.02. The van der Waals surface area contributed by atoms with E-state index in [1.54, 1.807) is 31.4 Å². The van der Waals surface area contributed by atoms with E-state index in [-0.39, 0.29) is 12.4 Å². The number of hydrogen-bond donors (Lipinski definition) is 0. The van der Waals surface area contributed by atoms with Gasteiger partial charge in [-0.25, -0.2) is 4.39 Å². The first kappa shape index (κ1) is 20.9. The topological polar surface area (TPSA) is 42.2 Å². The second-order valence-corrected chi connectivity index (χ2v) is 6.62. The molecule has 0 spiro atoms. The van der Waals surface area contributed by atoms with Crippen LogP contribution in [0.15, 0.2) is 79.4 Å². The zero-order valence-corrected chi connectivity index (χ0v) is 16.8. The normalized spacial score (nSPS) is 10.9. The number of nitrogens with zero attached hydrogens (tertiary/aromatic N) is 1. The summed E-state index contributed by atoms with van der Waals surface area (Å²) in [7, 11) is 1.55. The number of rotatable bonds is 8. The predicted molar refractivity (Wildman–Crippen MR) is 118 cm³/mol. The van der Waals surface area contributed by atoms with Crippen molar-refractivity contribution < 1.29 is 13.9 Å². The fourth-order valence-corrected chi connectivity index (χ4v) is 3.12. The van der Waals surface area contributed by atoms with Gasteiger partial charge in [0.25, 0.3) is 0 Å². The second-order valence-electron chi connectivity index (χ2n) is 6.62. The number of allylic oxidation sites excluding steroid dienone is 2. The summed E-state index contributed by atoms with van der Waals surface area (Å²) in [6.45, 7) is 3.89. The fraction of sp³-hybridized carbons (Fsp3) is 0.115. The lowest BCUT2D eigenvalue weighted by Gasteiger charge is -2.16. The molecular formula is C26H22FNO2. The lowest BCUT2D eigenvalue weighted by atomic mass is 10.0. The Labute approximate surface area is 176 Å². The molecule has 0 aliphatic carbocycles. The molecule has 0 aliphatic heterocycles. The molecule has 0 amide bonds. The van der Waals surface area contributed by atoms with Crippen molar-refractivity contribution in [3.8, 4) is 17.6 Å². The maximum absolute atomic E-state index is 14.0. The zero-order valence-electron chi connectivity index (χ0n) is 16.8. The van der Waals surface area contributed by atoms with Gasteiger partial charge in [-0.1, -0.05) is 54.6 Å². The molecule has 3 aromatic rings. The molecule has 0 bridgehead atoms. The van der Waals surface area contributed by atoms with Crippen molar-refractivity contribution in [2.24, 2.45) is 0 Å². The Balaban J connectivity index is 1.99. The fourth-order valence-electron chi connectivity index (χ4n) is 3.12. The number of benzene rings is 3. The van der Waals surface area contributed by atoms with Crippen LogP contribution < -0.4 is 9.47 Å². The minimum Gasteiger partial charge on any atom is -0.493 e. The molecule has 0 radical (unpaired) electrons. The molecule has 0 saturated heterocycles. The van der Waals surface area contributed by atoms with E-state index < -0.39 is 0 Å².